The maximum absolute atomic E-state index is 12.1. The summed E-state index contributed by atoms with van der Waals surface area (Å²) in [6, 6.07) is 9.08. The van der Waals surface area contributed by atoms with E-state index in [1.807, 2.05) is 18.2 Å². The number of nitrogens with zero attached hydrogens (tertiary/aromatic N) is 3. The lowest BCUT2D eigenvalue weighted by atomic mass is 10.1. The lowest BCUT2D eigenvalue weighted by Crippen LogP contribution is -2.14. The van der Waals surface area contributed by atoms with E-state index in [4.69, 9.17) is 5.73 Å². The third kappa shape index (κ3) is 5.95. The first-order valence-electron chi connectivity index (χ1n) is 8.47. The number of azo groups is 1. The van der Waals surface area contributed by atoms with Gasteiger partial charge in [0.05, 0.1) is 11.4 Å². The molecule has 0 bridgehead atoms. The van der Waals surface area contributed by atoms with Crippen LogP contribution in [0.25, 0.3) is 0 Å². The Labute approximate surface area is 146 Å². The number of nitrogens with one attached hydrogen (secondary N) is 1. The van der Waals surface area contributed by atoms with E-state index in [1.54, 1.807) is 12.1 Å². The number of Topliss-reactive ketones (excluding diaryl/α,β-unsaturated/α-hetero) is 1. The molecule has 0 aliphatic heterocycles. The van der Waals surface area contributed by atoms with E-state index in [-0.39, 0.29) is 17.4 Å². The number of aromatic amines is 1. The van der Waals surface area contributed by atoms with Crippen molar-refractivity contribution in [2.45, 2.75) is 45.4 Å². The third-order valence-corrected chi connectivity index (χ3v) is 3.71. The van der Waals surface area contributed by atoms with E-state index in [9.17, 15) is 9.59 Å². The quantitative estimate of drug-likeness (QED) is 0.532. The zero-order chi connectivity index (χ0) is 18.1. The van der Waals surface area contributed by atoms with Crippen LogP contribution in [0, 0.1) is 0 Å². The molecule has 132 valence electrons. The van der Waals surface area contributed by atoms with Gasteiger partial charge in [0, 0.05) is 12.8 Å². The Balaban J connectivity index is 2.13. The molecular formula is C18H23N5O2. The summed E-state index contributed by atoms with van der Waals surface area (Å²) in [5.41, 5.74) is 6.27. The number of anilines is 1. The van der Waals surface area contributed by atoms with Crippen molar-refractivity contribution in [1.29, 1.82) is 0 Å². The molecule has 2 aromatic rings. The van der Waals surface area contributed by atoms with Crippen LogP contribution in [0.4, 0.5) is 17.3 Å². The molecule has 0 aliphatic rings. The summed E-state index contributed by atoms with van der Waals surface area (Å²) in [5, 5.41) is 8.08. The molecule has 1 aromatic heterocycles. The Hall–Kier alpha value is -2.83. The fraction of sp³-hybridized carbons (Fsp3) is 0.389. The van der Waals surface area contributed by atoms with Crippen LogP contribution < -0.4 is 11.3 Å². The molecule has 0 spiro atoms. The average Bonchev–Trinajstić information content (AvgIpc) is 2.60. The third-order valence-electron chi connectivity index (χ3n) is 3.71. The number of hydrogen-bond donors (Lipinski definition) is 2. The van der Waals surface area contributed by atoms with Gasteiger partial charge < -0.3 is 5.73 Å². The normalized spacial score (nSPS) is 11.1. The molecule has 1 heterocycles. The van der Waals surface area contributed by atoms with E-state index in [0.717, 1.165) is 19.3 Å². The molecule has 0 unspecified atom stereocenters. The Morgan fingerprint density at radius 2 is 1.92 bits per heavy atom. The zero-order valence-corrected chi connectivity index (χ0v) is 14.4. The lowest BCUT2D eigenvalue weighted by molar-refractivity contribution is -0.119. The first-order chi connectivity index (χ1) is 12.1. The molecule has 0 saturated heterocycles. The second-order valence-corrected chi connectivity index (χ2v) is 5.78. The maximum atomic E-state index is 12.1. The van der Waals surface area contributed by atoms with Crippen molar-refractivity contribution >= 4 is 23.1 Å². The number of nitrogen functional groups attached to an aromatic ring is 1. The molecule has 7 heteroatoms. The Morgan fingerprint density at radius 1 is 1.16 bits per heavy atom. The average molecular weight is 341 g/mol. The van der Waals surface area contributed by atoms with Gasteiger partial charge in [-0.2, -0.15) is 5.11 Å². The summed E-state index contributed by atoms with van der Waals surface area (Å²) >= 11 is 0. The molecule has 3 N–H and O–H groups in total. The van der Waals surface area contributed by atoms with Gasteiger partial charge >= 0.3 is 0 Å². The van der Waals surface area contributed by atoms with Crippen molar-refractivity contribution in [3.8, 4) is 0 Å². The molecule has 0 fully saturated rings. The van der Waals surface area contributed by atoms with Crippen LogP contribution in [0.5, 0.6) is 0 Å². The van der Waals surface area contributed by atoms with Crippen molar-refractivity contribution in [3.63, 3.8) is 0 Å². The summed E-state index contributed by atoms with van der Waals surface area (Å²) in [5.74, 6) is 0.164. The van der Waals surface area contributed by atoms with Gasteiger partial charge in [-0.15, -0.1) is 5.11 Å². The Morgan fingerprint density at radius 3 is 2.64 bits per heavy atom. The summed E-state index contributed by atoms with van der Waals surface area (Å²) < 4.78 is 0. The number of nitrogens with two attached hydrogens (primary N) is 1. The smallest absolute Gasteiger partial charge is 0.280 e. The number of benzene rings is 1. The predicted molar refractivity (Wildman–Crippen MR) is 97.4 cm³/mol. The summed E-state index contributed by atoms with van der Waals surface area (Å²) in [6.45, 7) is 2.09. The first kappa shape index (κ1) is 18.5. The number of ketones is 1. The second kappa shape index (κ2) is 9.46. The fourth-order valence-electron chi connectivity index (χ4n) is 2.37. The van der Waals surface area contributed by atoms with Crippen molar-refractivity contribution in [2.75, 3.05) is 5.73 Å². The topological polar surface area (TPSA) is 114 Å². The number of aromatic nitrogens is 2. The summed E-state index contributed by atoms with van der Waals surface area (Å²) in [7, 11) is 0. The minimum atomic E-state index is -0.458. The molecular weight excluding hydrogens is 318 g/mol. The molecule has 7 nitrogen and oxygen atoms in total. The standard InChI is InChI=1S/C18H23N5O2/c1-2-3-5-10-14(24)11-12-15-16(17(25)21-18(19)20-15)23-22-13-8-6-4-7-9-13/h4,6-9H,2-3,5,10-12H2,1H3,(H3,19,20,21,25). The zero-order valence-electron chi connectivity index (χ0n) is 14.4. The molecule has 0 aliphatic carbocycles. The molecule has 0 radical (unpaired) electrons. The minimum Gasteiger partial charge on any atom is -0.369 e. The Bertz CT molecular complexity index is 784. The van der Waals surface area contributed by atoms with Crippen molar-refractivity contribution in [1.82, 2.24) is 9.97 Å². The van der Waals surface area contributed by atoms with Gasteiger partial charge in [-0.3, -0.25) is 14.6 Å². The van der Waals surface area contributed by atoms with E-state index < -0.39 is 5.56 Å². The van der Waals surface area contributed by atoms with Crippen LogP contribution in [0.3, 0.4) is 0 Å². The van der Waals surface area contributed by atoms with Gasteiger partial charge in [-0.1, -0.05) is 38.0 Å². The monoisotopic (exact) mass is 341 g/mol. The van der Waals surface area contributed by atoms with Crippen LogP contribution in [-0.4, -0.2) is 15.8 Å². The van der Waals surface area contributed by atoms with Gasteiger partial charge in [0.15, 0.2) is 5.69 Å². The van der Waals surface area contributed by atoms with E-state index in [1.165, 1.54) is 0 Å². The number of unbranched alkanes of at least 4 members (excludes halogenated alkanes) is 2. The van der Waals surface area contributed by atoms with E-state index in [2.05, 4.69) is 27.1 Å². The van der Waals surface area contributed by atoms with Gasteiger partial charge in [0.25, 0.3) is 5.56 Å². The summed E-state index contributed by atoms with van der Waals surface area (Å²) in [4.78, 5) is 30.6. The van der Waals surface area contributed by atoms with Crippen LogP contribution in [0.15, 0.2) is 45.4 Å². The molecule has 0 atom stereocenters. The number of hydrogen-bond acceptors (Lipinski definition) is 6. The SMILES string of the molecule is CCCCCC(=O)CCc1nc(N)[nH]c(=O)c1N=Nc1ccccc1. The highest BCUT2D eigenvalue weighted by Crippen LogP contribution is 2.19. The van der Waals surface area contributed by atoms with Gasteiger partial charge in [-0.25, -0.2) is 4.98 Å². The number of rotatable bonds is 9. The first-order valence-corrected chi connectivity index (χ1v) is 8.47. The number of aryl methyl sites for hydroxylation is 1. The second-order valence-electron chi connectivity index (χ2n) is 5.78. The molecule has 2 rings (SSSR count). The highest BCUT2D eigenvalue weighted by molar-refractivity contribution is 5.78. The molecule has 0 saturated carbocycles. The molecule has 25 heavy (non-hydrogen) atoms. The van der Waals surface area contributed by atoms with Crippen LogP contribution >= 0.6 is 0 Å². The summed E-state index contributed by atoms with van der Waals surface area (Å²) in [6.07, 6.45) is 4.19. The highest BCUT2D eigenvalue weighted by Gasteiger charge is 2.12. The number of H-pyrrole nitrogens is 1. The van der Waals surface area contributed by atoms with E-state index in [0.29, 0.717) is 30.6 Å². The number of carbonyl (C=O) groups is 1. The van der Waals surface area contributed by atoms with Crippen molar-refractivity contribution in [3.05, 3.63) is 46.4 Å². The van der Waals surface area contributed by atoms with Crippen molar-refractivity contribution < 1.29 is 4.79 Å². The largest absolute Gasteiger partial charge is 0.369 e. The van der Waals surface area contributed by atoms with E-state index >= 15 is 0 Å². The van der Waals surface area contributed by atoms with Crippen LogP contribution in [0.1, 0.15) is 44.7 Å². The fourth-order valence-corrected chi connectivity index (χ4v) is 2.37. The lowest BCUT2D eigenvalue weighted by Gasteiger charge is -2.05. The highest BCUT2D eigenvalue weighted by atomic mass is 16.1. The van der Waals surface area contributed by atoms with Crippen LogP contribution in [0.2, 0.25) is 0 Å². The maximum Gasteiger partial charge on any atom is 0.280 e. The van der Waals surface area contributed by atoms with Crippen LogP contribution in [-0.2, 0) is 11.2 Å². The van der Waals surface area contributed by atoms with Gasteiger partial charge in [0.2, 0.25) is 5.95 Å². The van der Waals surface area contributed by atoms with Gasteiger partial charge in [-0.05, 0) is 25.0 Å². The Kier molecular flexibility index (Phi) is 7.00. The molecule has 0 amide bonds. The molecule has 1 aromatic carbocycles. The number of carbonyl (C=O) groups excluding carboxylic acids is 1. The predicted octanol–water partition coefficient (Wildman–Crippen LogP) is 3.85. The van der Waals surface area contributed by atoms with Crippen molar-refractivity contribution in [2.24, 2.45) is 10.2 Å². The van der Waals surface area contributed by atoms with Gasteiger partial charge in [0.1, 0.15) is 5.78 Å². The minimum absolute atomic E-state index is 0.0112.